The molecule has 1 fully saturated rings. The molecule has 0 bridgehead atoms. The van der Waals surface area contributed by atoms with Crippen LogP contribution in [0.15, 0.2) is 36.9 Å². The summed E-state index contributed by atoms with van der Waals surface area (Å²) in [6, 6.07) is 3.92. The highest BCUT2D eigenvalue weighted by Crippen LogP contribution is 2.50. The van der Waals surface area contributed by atoms with Crippen molar-refractivity contribution < 1.29 is 4.79 Å². The van der Waals surface area contributed by atoms with Crippen molar-refractivity contribution in [2.75, 3.05) is 35.2 Å². The predicted molar refractivity (Wildman–Crippen MR) is 124 cm³/mol. The maximum Gasteiger partial charge on any atom is 0.281 e. The number of anilines is 3. The van der Waals surface area contributed by atoms with Gasteiger partial charge in [0.2, 0.25) is 0 Å². The number of nitrogens with two attached hydrogens (primary N) is 2. The number of nitrogens with zero attached hydrogens (tertiary/aromatic N) is 7. The standard InChI is InChI=1S/C23H27N9O/c24-20-16-2-6-26-13-15(16)12-23(20)4-10-30(11-5-23)17-14-27-19(21(25)29-17)22(33)31-8-1-9-32-18(31)3-7-28-32/h2-3,6-7,13-14,20H,1,4-5,8-12,24H2,(H2,25,29)/t20-/m1/s1. The monoisotopic (exact) mass is 445 g/mol. The van der Waals surface area contributed by atoms with Crippen LogP contribution in [0.1, 0.15) is 46.9 Å². The lowest BCUT2D eigenvalue weighted by Crippen LogP contribution is -2.44. The predicted octanol–water partition coefficient (Wildman–Crippen LogP) is 1.54. The van der Waals surface area contributed by atoms with Gasteiger partial charge in [0.1, 0.15) is 11.6 Å². The summed E-state index contributed by atoms with van der Waals surface area (Å²) in [5, 5.41) is 4.27. The number of piperidine rings is 1. The highest BCUT2D eigenvalue weighted by molar-refractivity contribution is 6.07. The number of pyridine rings is 1. The van der Waals surface area contributed by atoms with Crippen LogP contribution in [0.4, 0.5) is 17.5 Å². The smallest absolute Gasteiger partial charge is 0.281 e. The summed E-state index contributed by atoms with van der Waals surface area (Å²) in [5.74, 6) is 1.38. The number of carbonyl (C=O) groups excluding carboxylic acids is 1. The summed E-state index contributed by atoms with van der Waals surface area (Å²) in [6.45, 7) is 3.05. The molecule has 1 saturated heterocycles. The molecular formula is C23H27N9O. The van der Waals surface area contributed by atoms with Crippen molar-refractivity contribution in [1.29, 1.82) is 0 Å². The van der Waals surface area contributed by atoms with Crippen LogP contribution in [0.2, 0.25) is 0 Å². The molecule has 2 aliphatic heterocycles. The van der Waals surface area contributed by atoms with Crippen molar-refractivity contribution in [3.8, 4) is 0 Å². The van der Waals surface area contributed by atoms with E-state index >= 15 is 0 Å². The molecule has 1 spiro atoms. The molecule has 10 heteroatoms. The Kier molecular flexibility index (Phi) is 4.58. The number of hydrogen-bond acceptors (Lipinski definition) is 8. The summed E-state index contributed by atoms with van der Waals surface area (Å²) in [6.07, 6.45) is 10.9. The Balaban J connectivity index is 1.18. The number of rotatable bonds is 2. The van der Waals surface area contributed by atoms with Crippen molar-refractivity contribution >= 4 is 23.4 Å². The lowest BCUT2D eigenvalue weighted by molar-refractivity contribution is 0.0977. The van der Waals surface area contributed by atoms with E-state index in [1.165, 1.54) is 11.1 Å². The van der Waals surface area contributed by atoms with Gasteiger partial charge in [-0.3, -0.25) is 14.7 Å². The largest absolute Gasteiger partial charge is 0.382 e. The molecule has 3 aromatic rings. The van der Waals surface area contributed by atoms with Crippen molar-refractivity contribution in [3.63, 3.8) is 0 Å². The fraction of sp³-hybridized carbons (Fsp3) is 0.435. The van der Waals surface area contributed by atoms with E-state index in [0.717, 1.165) is 51.1 Å². The minimum atomic E-state index is -0.242. The highest BCUT2D eigenvalue weighted by atomic mass is 16.2. The van der Waals surface area contributed by atoms with Gasteiger partial charge in [0.25, 0.3) is 5.91 Å². The quantitative estimate of drug-likeness (QED) is 0.607. The first kappa shape index (κ1) is 20.1. The topological polar surface area (TPSA) is 132 Å². The first-order valence-corrected chi connectivity index (χ1v) is 11.5. The number of fused-ring (bicyclic) bond motifs is 2. The third-order valence-corrected chi connectivity index (χ3v) is 7.52. The van der Waals surface area contributed by atoms with E-state index in [9.17, 15) is 4.79 Å². The van der Waals surface area contributed by atoms with Gasteiger partial charge in [0.05, 0.1) is 12.4 Å². The Morgan fingerprint density at radius 3 is 2.73 bits per heavy atom. The van der Waals surface area contributed by atoms with Crippen LogP contribution in [-0.2, 0) is 13.0 Å². The third-order valence-electron chi connectivity index (χ3n) is 7.52. The number of amides is 1. The van der Waals surface area contributed by atoms with E-state index < -0.39 is 0 Å². The van der Waals surface area contributed by atoms with Gasteiger partial charge in [-0.25, -0.2) is 14.6 Å². The molecule has 3 aliphatic rings. The lowest BCUT2D eigenvalue weighted by atomic mass is 9.73. The van der Waals surface area contributed by atoms with Crippen LogP contribution in [0.5, 0.6) is 0 Å². The Bertz CT molecular complexity index is 1210. The summed E-state index contributed by atoms with van der Waals surface area (Å²) in [5.41, 5.74) is 15.6. The summed E-state index contributed by atoms with van der Waals surface area (Å²) in [7, 11) is 0. The van der Waals surface area contributed by atoms with Crippen LogP contribution in [0.3, 0.4) is 0 Å². The van der Waals surface area contributed by atoms with E-state index in [1.807, 2.05) is 23.1 Å². The first-order valence-electron chi connectivity index (χ1n) is 11.5. The van der Waals surface area contributed by atoms with Gasteiger partial charge in [-0.05, 0) is 48.3 Å². The average molecular weight is 446 g/mol. The number of hydrogen-bond donors (Lipinski definition) is 2. The van der Waals surface area contributed by atoms with Crippen LogP contribution < -0.4 is 21.3 Å². The average Bonchev–Trinajstić information content (AvgIpc) is 3.42. The maximum absolute atomic E-state index is 13.2. The number of carbonyl (C=O) groups is 1. The van der Waals surface area contributed by atoms with Gasteiger partial charge in [-0.15, -0.1) is 0 Å². The van der Waals surface area contributed by atoms with Crippen molar-refractivity contribution in [2.45, 2.75) is 38.3 Å². The second kappa shape index (κ2) is 7.51. The van der Waals surface area contributed by atoms with Gasteiger partial charge in [-0.2, -0.15) is 5.10 Å². The molecule has 1 aliphatic carbocycles. The lowest BCUT2D eigenvalue weighted by Gasteiger charge is -2.42. The van der Waals surface area contributed by atoms with Crippen LogP contribution in [0.25, 0.3) is 0 Å². The van der Waals surface area contributed by atoms with Gasteiger partial charge in [0.15, 0.2) is 11.5 Å². The van der Waals surface area contributed by atoms with E-state index in [4.69, 9.17) is 11.5 Å². The number of aromatic nitrogens is 5. The maximum atomic E-state index is 13.2. The van der Waals surface area contributed by atoms with Gasteiger partial charge < -0.3 is 16.4 Å². The fourth-order valence-electron chi connectivity index (χ4n) is 5.64. The minimum Gasteiger partial charge on any atom is -0.382 e. The second-order valence-electron chi connectivity index (χ2n) is 9.26. The SMILES string of the molecule is Nc1nc(N2CCC3(CC2)Cc2cnccc2[C@H]3N)cnc1C(=O)N1CCCn2nccc21. The summed E-state index contributed by atoms with van der Waals surface area (Å²) in [4.78, 5) is 30.3. The number of nitrogen functional groups attached to an aromatic ring is 1. The Labute approximate surface area is 191 Å². The van der Waals surface area contributed by atoms with Gasteiger partial charge in [-0.1, -0.05) is 0 Å². The summed E-state index contributed by atoms with van der Waals surface area (Å²) >= 11 is 0. The summed E-state index contributed by atoms with van der Waals surface area (Å²) < 4.78 is 1.82. The molecule has 170 valence electrons. The molecule has 6 rings (SSSR count). The van der Waals surface area contributed by atoms with Gasteiger partial charge in [0, 0.05) is 50.7 Å². The molecule has 0 radical (unpaired) electrons. The molecule has 5 heterocycles. The molecule has 1 atom stereocenters. The van der Waals surface area contributed by atoms with E-state index in [0.29, 0.717) is 12.4 Å². The Morgan fingerprint density at radius 1 is 1.09 bits per heavy atom. The Hall–Kier alpha value is -3.53. The Morgan fingerprint density at radius 2 is 1.94 bits per heavy atom. The van der Waals surface area contributed by atoms with Gasteiger partial charge >= 0.3 is 0 Å². The molecule has 0 aromatic carbocycles. The minimum absolute atomic E-state index is 0.0341. The molecule has 0 saturated carbocycles. The van der Waals surface area contributed by atoms with E-state index in [1.54, 1.807) is 17.3 Å². The van der Waals surface area contributed by atoms with E-state index in [2.05, 4.69) is 31.0 Å². The molecule has 1 amide bonds. The zero-order valence-corrected chi connectivity index (χ0v) is 18.4. The first-order chi connectivity index (χ1) is 16.1. The fourth-order valence-corrected chi connectivity index (χ4v) is 5.64. The molecular weight excluding hydrogens is 418 g/mol. The van der Waals surface area contributed by atoms with Crippen LogP contribution >= 0.6 is 0 Å². The zero-order chi connectivity index (χ0) is 22.6. The highest BCUT2D eigenvalue weighted by Gasteiger charge is 2.46. The molecule has 0 unspecified atom stereocenters. The zero-order valence-electron chi connectivity index (χ0n) is 18.4. The molecule has 3 aromatic heterocycles. The van der Waals surface area contributed by atoms with Crippen LogP contribution in [-0.4, -0.2) is 50.3 Å². The second-order valence-corrected chi connectivity index (χ2v) is 9.26. The van der Waals surface area contributed by atoms with Crippen molar-refractivity contribution in [3.05, 3.63) is 53.7 Å². The third kappa shape index (κ3) is 3.16. The van der Waals surface area contributed by atoms with E-state index in [-0.39, 0.29) is 28.9 Å². The molecule has 10 nitrogen and oxygen atoms in total. The number of aryl methyl sites for hydroxylation is 1. The normalized spacial score (nSPS) is 21.2. The van der Waals surface area contributed by atoms with Crippen molar-refractivity contribution in [1.82, 2.24) is 24.7 Å². The molecule has 4 N–H and O–H groups in total. The molecule has 33 heavy (non-hydrogen) atoms. The van der Waals surface area contributed by atoms with Crippen molar-refractivity contribution in [2.24, 2.45) is 11.1 Å². The van der Waals surface area contributed by atoms with Crippen LogP contribution in [0, 0.1) is 5.41 Å².